The van der Waals surface area contributed by atoms with Crippen LogP contribution in [-0.4, -0.2) is 115 Å². The minimum atomic E-state index is -0.436. The maximum absolute atomic E-state index is 12.7. The molecule has 1 unspecified atom stereocenters. The van der Waals surface area contributed by atoms with Crippen LogP contribution in [0, 0.1) is 5.41 Å². The van der Waals surface area contributed by atoms with Gasteiger partial charge in [-0.3, -0.25) is 9.59 Å². The molecule has 35 heavy (non-hydrogen) atoms. The molecule has 0 aliphatic rings. The number of ether oxygens (including phenoxy) is 4. The van der Waals surface area contributed by atoms with E-state index in [1.54, 1.807) is 0 Å². The second-order valence-corrected chi connectivity index (χ2v) is 11.9. The highest BCUT2D eigenvalue weighted by molar-refractivity contribution is 5.88. The largest absolute Gasteiger partial charge is 0.379 e. The number of amides is 1. The van der Waals surface area contributed by atoms with E-state index in [9.17, 15) is 9.59 Å². The van der Waals surface area contributed by atoms with E-state index in [2.05, 4.69) is 31.8 Å². The molecule has 0 heterocycles. The molecule has 9 heteroatoms. The van der Waals surface area contributed by atoms with Crippen LogP contribution in [0.15, 0.2) is 0 Å². The second kappa shape index (κ2) is 17.4. The first-order chi connectivity index (χ1) is 16.1. The minimum absolute atomic E-state index is 0.0827. The van der Waals surface area contributed by atoms with Crippen molar-refractivity contribution in [1.29, 1.82) is 0 Å². The van der Waals surface area contributed by atoms with Crippen molar-refractivity contribution in [2.45, 2.75) is 66.0 Å². The lowest BCUT2D eigenvalue weighted by molar-refractivity contribution is -0.870. The Morgan fingerprint density at radius 2 is 1.20 bits per heavy atom. The number of hydrogen-bond donors (Lipinski definition) is 2. The molecule has 9 nitrogen and oxygen atoms in total. The Hall–Kier alpha value is -1.10. The van der Waals surface area contributed by atoms with Crippen LogP contribution < -0.4 is 10.6 Å². The lowest BCUT2D eigenvalue weighted by Gasteiger charge is -2.31. The molecular formula is C26H54N3O6+. The molecule has 0 bridgehead atoms. The molecule has 208 valence electrons. The lowest BCUT2D eigenvalue weighted by atomic mass is 9.84. The van der Waals surface area contributed by atoms with Crippen molar-refractivity contribution in [3.05, 3.63) is 0 Å². The summed E-state index contributed by atoms with van der Waals surface area (Å²) in [7, 11) is 6.41. The Morgan fingerprint density at radius 1 is 0.743 bits per heavy atom. The number of ketones is 1. The van der Waals surface area contributed by atoms with Crippen molar-refractivity contribution in [2.24, 2.45) is 5.41 Å². The first kappa shape index (κ1) is 33.9. The summed E-state index contributed by atoms with van der Waals surface area (Å²) in [6.07, 6.45) is 0.833. The highest BCUT2D eigenvalue weighted by atomic mass is 16.6. The molecule has 0 spiro atoms. The van der Waals surface area contributed by atoms with Gasteiger partial charge in [-0.1, -0.05) is 20.8 Å². The quantitative estimate of drug-likeness (QED) is 0.193. The number of carbonyl (C=O) groups excluding carboxylic acids is 2. The van der Waals surface area contributed by atoms with Crippen molar-refractivity contribution in [3.63, 3.8) is 0 Å². The lowest BCUT2D eigenvalue weighted by Crippen LogP contribution is -2.52. The molecule has 0 aromatic carbocycles. The summed E-state index contributed by atoms with van der Waals surface area (Å²) in [5, 5.41) is 6.27. The zero-order valence-electron chi connectivity index (χ0n) is 24.0. The van der Waals surface area contributed by atoms with E-state index >= 15 is 0 Å². The van der Waals surface area contributed by atoms with Gasteiger partial charge in [-0.25, -0.2) is 0 Å². The van der Waals surface area contributed by atoms with Crippen LogP contribution in [0.3, 0.4) is 0 Å². The number of nitrogens with zero attached hydrogens (tertiary/aromatic N) is 1. The molecule has 0 radical (unpaired) electrons. The van der Waals surface area contributed by atoms with Crippen molar-refractivity contribution >= 4 is 11.7 Å². The van der Waals surface area contributed by atoms with Crippen LogP contribution in [0.1, 0.15) is 54.4 Å². The first-order valence-electron chi connectivity index (χ1n) is 12.8. The summed E-state index contributed by atoms with van der Waals surface area (Å²) < 4.78 is 22.8. The first-order valence-corrected chi connectivity index (χ1v) is 12.8. The Kier molecular flexibility index (Phi) is 16.8. The van der Waals surface area contributed by atoms with Gasteiger partial charge in [-0.2, -0.15) is 0 Å². The predicted octanol–water partition coefficient (Wildman–Crippen LogP) is 2.03. The van der Waals surface area contributed by atoms with E-state index in [1.807, 2.05) is 41.5 Å². The topological polar surface area (TPSA) is 95.1 Å². The van der Waals surface area contributed by atoms with Gasteiger partial charge in [0.05, 0.1) is 80.0 Å². The third-order valence-electron chi connectivity index (χ3n) is 4.91. The van der Waals surface area contributed by atoms with Crippen LogP contribution in [0.5, 0.6) is 0 Å². The molecule has 0 aliphatic heterocycles. The monoisotopic (exact) mass is 504 g/mol. The third kappa shape index (κ3) is 21.9. The standard InChI is InChI=1S/C26H53N3O6/c1-25(2,3)24(31)22(28-26(4,5)6)10-12-27-23(30)11-14-32-16-18-34-20-21-35-19-17-33-15-13-29(7,8)9/h22,28H,10-21H2,1-9H3/p+1. The molecular weight excluding hydrogens is 450 g/mol. The SMILES string of the molecule is CC(C)(C)NC(CCNC(=O)CCOCCOCCOCCOCC[N+](C)(C)C)C(=O)C(C)(C)C. The maximum Gasteiger partial charge on any atom is 0.222 e. The second-order valence-electron chi connectivity index (χ2n) is 11.9. The van der Waals surface area contributed by atoms with E-state index in [1.165, 1.54) is 0 Å². The van der Waals surface area contributed by atoms with Gasteiger partial charge in [-0.05, 0) is 27.2 Å². The number of Topliss-reactive ketones (excluding diaryl/α,β-unsaturated/α-hetero) is 1. The fraction of sp³-hybridized carbons (Fsp3) is 0.923. The van der Waals surface area contributed by atoms with E-state index in [0.717, 1.165) is 17.6 Å². The highest BCUT2D eigenvalue weighted by Gasteiger charge is 2.31. The normalized spacial score (nSPS) is 13.6. The van der Waals surface area contributed by atoms with Crippen LogP contribution in [-0.2, 0) is 28.5 Å². The Labute approximate surface area is 214 Å². The maximum atomic E-state index is 12.7. The van der Waals surface area contributed by atoms with Gasteiger partial charge in [0.2, 0.25) is 5.91 Å². The zero-order valence-corrected chi connectivity index (χ0v) is 24.0. The number of rotatable bonds is 20. The number of likely N-dealkylation sites (N-methyl/N-ethyl adjacent to an activating group) is 1. The van der Waals surface area contributed by atoms with Crippen LogP contribution in [0.2, 0.25) is 0 Å². The molecule has 0 aliphatic carbocycles. The summed E-state index contributed by atoms with van der Waals surface area (Å²) >= 11 is 0. The van der Waals surface area contributed by atoms with Gasteiger partial charge >= 0.3 is 0 Å². The van der Waals surface area contributed by atoms with Gasteiger partial charge in [0.15, 0.2) is 5.78 Å². The fourth-order valence-electron chi connectivity index (χ4n) is 3.02. The van der Waals surface area contributed by atoms with Crippen LogP contribution >= 0.6 is 0 Å². The van der Waals surface area contributed by atoms with Crippen molar-refractivity contribution in [1.82, 2.24) is 10.6 Å². The Morgan fingerprint density at radius 3 is 1.63 bits per heavy atom. The molecule has 0 fully saturated rings. The number of nitrogens with one attached hydrogen (secondary N) is 2. The van der Waals surface area contributed by atoms with E-state index in [0.29, 0.717) is 59.2 Å². The fourth-order valence-corrected chi connectivity index (χ4v) is 3.02. The summed E-state index contributed by atoms with van der Waals surface area (Å²) in [5.41, 5.74) is -0.619. The van der Waals surface area contributed by atoms with Gasteiger partial charge in [-0.15, -0.1) is 0 Å². The third-order valence-corrected chi connectivity index (χ3v) is 4.91. The molecule has 0 saturated carbocycles. The minimum Gasteiger partial charge on any atom is -0.379 e. The molecule has 0 rings (SSSR count). The van der Waals surface area contributed by atoms with Crippen molar-refractivity contribution in [2.75, 3.05) is 87.1 Å². The number of quaternary nitrogens is 1. The molecule has 1 atom stereocenters. The number of hydrogen-bond acceptors (Lipinski definition) is 7. The molecule has 2 N–H and O–H groups in total. The van der Waals surface area contributed by atoms with E-state index in [-0.39, 0.29) is 29.7 Å². The van der Waals surface area contributed by atoms with Crippen LogP contribution in [0.4, 0.5) is 0 Å². The van der Waals surface area contributed by atoms with E-state index < -0.39 is 5.41 Å². The summed E-state index contributed by atoms with van der Waals surface area (Å²) in [4.78, 5) is 24.8. The highest BCUT2D eigenvalue weighted by Crippen LogP contribution is 2.19. The van der Waals surface area contributed by atoms with Crippen LogP contribution in [0.25, 0.3) is 0 Å². The van der Waals surface area contributed by atoms with Crippen molar-refractivity contribution in [3.8, 4) is 0 Å². The van der Waals surface area contributed by atoms with Crippen molar-refractivity contribution < 1.29 is 33.0 Å². The Balaban J connectivity index is 3.73. The summed E-state index contributed by atoms with van der Waals surface area (Å²) in [5.74, 6) is 0.0694. The molecule has 0 saturated heterocycles. The predicted molar refractivity (Wildman–Crippen MR) is 140 cm³/mol. The molecule has 1 amide bonds. The Bertz CT molecular complexity index is 579. The average Bonchev–Trinajstić information content (AvgIpc) is 2.70. The smallest absolute Gasteiger partial charge is 0.222 e. The average molecular weight is 505 g/mol. The summed E-state index contributed by atoms with van der Waals surface area (Å²) in [6.45, 7) is 17.4. The molecule has 0 aromatic rings. The van der Waals surface area contributed by atoms with Gasteiger partial charge in [0.25, 0.3) is 0 Å². The van der Waals surface area contributed by atoms with Gasteiger partial charge in [0.1, 0.15) is 6.54 Å². The van der Waals surface area contributed by atoms with Gasteiger partial charge < -0.3 is 34.1 Å². The summed E-state index contributed by atoms with van der Waals surface area (Å²) in [6, 6.07) is -0.298. The molecule has 0 aromatic heterocycles. The van der Waals surface area contributed by atoms with Gasteiger partial charge in [0, 0.05) is 23.9 Å². The number of carbonyl (C=O) groups is 2. The zero-order chi connectivity index (χ0) is 27.0. The van der Waals surface area contributed by atoms with E-state index in [4.69, 9.17) is 18.9 Å².